The number of nitrogens with one attached hydrogen (secondary N) is 2. The van der Waals surface area contributed by atoms with Crippen molar-refractivity contribution in [1.29, 1.82) is 0 Å². The van der Waals surface area contributed by atoms with Crippen LogP contribution in [0.4, 0.5) is 4.39 Å². The molecule has 0 amide bonds. The van der Waals surface area contributed by atoms with Crippen LogP contribution in [0.25, 0.3) is 0 Å². The summed E-state index contributed by atoms with van der Waals surface area (Å²) in [6, 6.07) is 5.03. The predicted octanol–water partition coefficient (Wildman–Crippen LogP) is 3.98. The number of fused-ring (bicyclic) bond motifs is 1. The number of aryl methyl sites for hydroxylation is 1. The second-order valence-corrected chi connectivity index (χ2v) is 8.23. The van der Waals surface area contributed by atoms with E-state index in [1.807, 2.05) is 13.0 Å². The second-order valence-electron chi connectivity index (χ2n) is 8.23. The number of guanidine groups is 1. The lowest BCUT2D eigenvalue weighted by molar-refractivity contribution is 0.285. The van der Waals surface area contributed by atoms with Crippen LogP contribution in [-0.2, 0) is 19.5 Å². The Bertz CT molecular complexity index is 898. The van der Waals surface area contributed by atoms with Crippen LogP contribution < -0.4 is 15.4 Å². The lowest BCUT2D eigenvalue weighted by Gasteiger charge is -2.19. The highest BCUT2D eigenvalue weighted by molar-refractivity contribution is 14.0. The molecule has 1 aliphatic heterocycles. The molecule has 0 radical (unpaired) electrons. The number of hydrogen-bond acceptors (Lipinski definition) is 4. The summed E-state index contributed by atoms with van der Waals surface area (Å²) in [6.45, 7) is 4.10. The van der Waals surface area contributed by atoms with E-state index < -0.39 is 0 Å². The molecule has 0 bridgehead atoms. The SMILES string of the molecule is CN=C(NCc1nnc2n1CCCCC2)NC(C)c1ccc(OCC2CC2)c(F)c1.I. The molecule has 0 spiro atoms. The van der Waals surface area contributed by atoms with E-state index >= 15 is 0 Å². The summed E-state index contributed by atoms with van der Waals surface area (Å²) >= 11 is 0. The van der Waals surface area contributed by atoms with Gasteiger partial charge in [0.25, 0.3) is 0 Å². The third-order valence-electron chi connectivity index (χ3n) is 5.80. The highest BCUT2D eigenvalue weighted by atomic mass is 127. The van der Waals surface area contributed by atoms with Gasteiger partial charge in [-0.2, -0.15) is 0 Å². The zero-order chi connectivity index (χ0) is 20.9. The summed E-state index contributed by atoms with van der Waals surface area (Å²) < 4.78 is 22.2. The second kappa shape index (κ2) is 11.1. The number of hydrogen-bond donors (Lipinski definition) is 2. The average Bonchev–Trinajstić information content (AvgIpc) is 3.54. The lowest BCUT2D eigenvalue weighted by Crippen LogP contribution is -2.38. The minimum absolute atomic E-state index is 0. The first kappa shape index (κ1) is 23.7. The molecule has 1 aromatic heterocycles. The number of nitrogens with zero attached hydrogens (tertiary/aromatic N) is 4. The van der Waals surface area contributed by atoms with E-state index in [9.17, 15) is 4.39 Å². The van der Waals surface area contributed by atoms with E-state index in [1.54, 1.807) is 13.1 Å². The maximum Gasteiger partial charge on any atom is 0.191 e. The zero-order valence-corrected chi connectivity index (χ0v) is 20.6. The van der Waals surface area contributed by atoms with Crippen molar-refractivity contribution in [1.82, 2.24) is 25.4 Å². The van der Waals surface area contributed by atoms with Gasteiger partial charge in [0.05, 0.1) is 19.2 Å². The molecule has 2 aliphatic rings. The summed E-state index contributed by atoms with van der Waals surface area (Å²) in [6.07, 6.45) is 6.93. The van der Waals surface area contributed by atoms with Crippen LogP contribution in [0, 0.1) is 11.7 Å². The van der Waals surface area contributed by atoms with E-state index in [-0.39, 0.29) is 35.8 Å². The van der Waals surface area contributed by atoms with Gasteiger partial charge in [0.1, 0.15) is 5.82 Å². The van der Waals surface area contributed by atoms with Crippen LogP contribution in [0.3, 0.4) is 0 Å². The largest absolute Gasteiger partial charge is 0.490 e. The summed E-state index contributed by atoms with van der Waals surface area (Å²) in [4.78, 5) is 4.30. The molecule has 170 valence electrons. The topological polar surface area (TPSA) is 76.4 Å². The fourth-order valence-electron chi connectivity index (χ4n) is 3.72. The van der Waals surface area contributed by atoms with Gasteiger partial charge in [-0.3, -0.25) is 4.99 Å². The maximum absolute atomic E-state index is 14.4. The summed E-state index contributed by atoms with van der Waals surface area (Å²) in [7, 11) is 1.72. The third kappa shape index (κ3) is 6.30. The summed E-state index contributed by atoms with van der Waals surface area (Å²) in [5.41, 5.74) is 0.838. The van der Waals surface area contributed by atoms with Gasteiger partial charge in [-0.1, -0.05) is 12.5 Å². The van der Waals surface area contributed by atoms with Crippen molar-refractivity contribution in [2.45, 2.75) is 64.6 Å². The molecule has 1 unspecified atom stereocenters. The fourth-order valence-corrected chi connectivity index (χ4v) is 3.72. The van der Waals surface area contributed by atoms with Crippen molar-refractivity contribution >= 4 is 29.9 Å². The van der Waals surface area contributed by atoms with Crippen LogP contribution in [0.15, 0.2) is 23.2 Å². The van der Waals surface area contributed by atoms with Crippen molar-refractivity contribution in [2.75, 3.05) is 13.7 Å². The molecule has 1 atom stereocenters. The summed E-state index contributed by atoms with van der Waals surface area (Å²) in [5, 5.41) is 15.3. The number of aromatic nitrogens is 3. The normalized spacial score (nSPS) is 17.2. The average molecular weight is 542 g/mol. The Hall–Kier alpha value is -1.91. The van der Waals surface area contributed by atoms with Crippen LogP contribution in [0.2, 0.25) is 0 Å². The Morgan fingerprint density at radius 1 is 1.29 bits per heavy atom. The van der Waals surface area contributed by atoms with E-state index in [2.05, 4.69) is 30.4 Å². The first-order valence-electron chi connectivity index (χ1n) is 10.9. The molecule has 2 heterocycles. The van der Waals surface area contributed by atoms with Gasteiger partial charge in [-0.15, -0.1) is 34.2 Å². The molecule has 2 aromatic rings. The highest BCUT2D eigenvalue weighted by Crippen LogP contribution is 2.30. The monoisotopic (exact) mass is 542 g/mol. The number of ether oxygens (including phenoxy) is 1. The Kier molecular flexibility index (Phi) is 8.50. The van der Waals surface area contributed by atoms with E-state index in [0.717, 1.165) is 36.6 Å². The van der Waals surface area contributed by atoms with Crippen molar-refractivity contribution in [2.24, 2.45) is 10.9 Å². The molecule has 2 N–H and O–H groups in total. The van der Waals surface area contributed by atoms with Gasteiger partial charge in [0.15, 0.2) is 23.4 Å². The standard InChI is InChI=1S/C22H31FN6O.HI/c1-15(17-9-10-19(18(23)12-17)30-14-16-7-8-16)26-22(24-2)25-13-21-28-27-20-6-4-3-5-11-29(20)21;/h9-10,12,15-16H,3-8,11,13-14H2,1-2H3,(H2,24,25,26);1H. The molecule has 1 fully saturated rings. The van der Waals surface area contributed by atoms with Crippen LogP contribution >= 0.6 is 24.0 Å². The van der Waals surface area contributed by atoms with Crippen LogP contribution in [0.5, 0.6) is 5.75 Å². The number of halogens is 2. The van der Waals surface area contributed by atoms with Crippen molar-refractivity contribution in [3.05, 3.63) is 41.2 Å². The maximum atomic E-state index is 14.4. The van der Waals surface area contributed by atoms with Gasteiger partial charge in [-0.05, 0) is 56.2 Å². The minimum Gasteiger partial charge on any atom is -0.490 e. The Morgan fingerprint density at radius 3 is 2.87 bits per heavy atom. The smallest absolute Gasteiger partial charge is 0.191 e. The van der Waals surface area contributed by atoms with E-state index in [0.29, 0.717) is 30.8 Å². The van der Waals surface area contributed by atoms with Gasteiger partial charge >= 0.3 is 0 Å². The quantitative estimate of drug-likeness (QED) is 0.315. The first-order valence-corrected chi connectivity index (χ1v) is 10.9. The molecule has 1 saturated carbocycles. The van der Waals surface area contributed by atoms with Gasteiger partial charge in [0, 0.05) is 20.0 Å². The predicted molar refractivity (Wildman–Crippen MR) is 129 cm³/mol. The third-order valence-corrected chi connectivity index (χ3v) is 5.80. The molecule has 9 heteroatoms. The van der Waals surface area contributed by atoms with Crippen molar-refractivity contribution < 1.29 is 9.13 Å². The van der Waals surface area contributed by atoms with E-state index in [1.165, 1.54) is 31.7 Å². The molecular weight excluding hydrogens is 510 g/mol. The lowest BCUT2D eigenvalue weighted by atomic mass is 10.1. The van der Waals surface area contributed by atoms with Crippen molar-refractivity contribution in [3.63, 3.8) is 0 Å². The highest BCUT2D eigenvalue weighted by Gasteiger charge is 2.22. The first-order chi connectivity index (χ1) is 14.6. The molecule has 31 heavy (non-hydrogen) atoms. The molecular formula is C22H32FIN6O. The van der Waals surface area contributed by atoms with E-state index in [4.69, 9.17) is 4.74 Å². The molecule has 0 saturated heterocycles. The van der Waals surface area contributed by atoms with Gasteiger partial charge in [0.2, 0.25) is 0 Å². The van der Waals surface area contributed by atoms with Gasteiger partial charge in [-0.25, -0.2) is 4.39 Å². The Morgan fingerprint density at radius 2 is 2.13 bits per heavy atom. The molecule has 1 aromatic carbocycles. The van der Waals surface area contributed by atoms with Crippen LogP contribution in [0.1, 0.15) is 62.3 Å². The van der Waals surface area contributed by atoms with Crippen LogP contribution in [-0.4, -0.2) is 34.4 Å². The molecule has 4 rings (SSSR count). The zero-order valence-electron chi connectivity index (χ0n) is 18.2. The Balaban J connectivity index is 0.00000272. The van der Waals surface area contributed by atoms with Gasteiger partial charge < -0.3 is 19.9 Å². The number of aliphatic imine (C=N–C) groups is 1. The molecule has 7 nitrogen and oxygen atoms in total. The minimum atomic E-state index is -0.323. The Labute approximate surface area is 200 Å². The number of rotatable bonds is 7. The molecule has 1 aliphatic carbocycles. The summed E-state index contributed by atoms with van der Waals surface area (Å²) in [5.74, 6) is 3.23. The fraction of sp³-hybridized carbons (Fsp3) is 0.591. The number of benzene rings is 1. The van der Waals surface area contributed by atoms with Crippen molar-refractivity contribution in [3.8, 4) is 5.75 Å².